The largest absolute Gasteiger partial charge is 0.0888 e. The normalized spacial score (nSPS) is 20.1. The first kappa shape index (κ1) is 12.8. The van der Waals surface area contributed by atoms with E-state index in [0.29, 0.717) is 0 Å². The topological polar surface area (TPSA) is 0 Å². The first-order valence-electron chi connectivity index (χ1n) is 7.01. The van der Waals surface area contributed by atoms with E-state index in [0.717, 1.165) is 11.8 Å². The SMILES string of the molecule is CC/C=C\CC(CC)CCC1CCCC1. The fraction of sp³-hybridized carbons (Fsp3) is 0.867. The van der Waals surface area contributed by atoms with Gasteiger partial charge in [-0.1, -0.05) is 64.5 Å². The van der Waals surface area contributed by atoms with Crippen molar-refractivity contribution in [2.75, 3.05) is 0 Å². The number of hydrogen-bond acceptors (Lipinski definition) is 0. The Morgan fingerprint density at radius 3 is 2.47 bits per heavy atom. The van der Waals surface area contributed by atoms with Crippen molar-refractivity contribution >= 4 is 0 Å². The molecule has 0 nitrogen and oxygen atoms in total. The van der Waals surface area contributed by atoms with E-state index in [1.165, 1.54) is 57.8 Å². The average Bonchev–Trinajstić information content (AvgIpc) is 2.76. The lowest BCUT2D eigenvalue weighted by molar-refractivity contribution is 0.390. The van der Waals surface area contributed by atoms with Gasteiger partial charge in [0.2, 0.25) is 0 Å². The van der Waals surface area contributed by atoms with Crippen LogP contribution in [0.15, 0.2) is 12.2 Å². The third-order valence-corrected chi connectivity index (χ3v) is 3.91. The summed E-state index contributed by atoms with van der Waals surface area (Å²) in [6.07, 6.45) is 17.6. The van der Waals surface area contributed by atoms with Gasteiger partial charge in [-0.15, -0.1) is 0 Å². The van der Waals surface area contributed by atoms with Gasteiger partial charge in [-0.05, 0) is 31.1 Å². The van der Waals surface area contributed by atoms with E-state index in [9.17, 15) is 0 Å². The molecule has 88 valence electrons. The molecular formula is C15H28. The van der Waals surface area contributed by atoms with Gasteiger partial charge >= 0.3 is 0 Å². The minimum absolute atomic E-state index is 0.952. The molecule has 0 aliphatic heterocycles. The van der Waals surface area contributed by atoms with Gasteiger partial charge < -0.3 is 0 Å². The van der Waals surface area contributed by atoms with Gasteiger partial charge in [-0.25, -0.2) is 0 Å². The van der Waals surface area contributed by atoms with Crippen LogP contribution in [0.4, 0.5) is 0 Å². The van der Waals surface area contributed by atoms with Crippen molar-refractivity contribution in [2.45, 2.75) is 71.6 Å². The van der Waals surface area contributed by atoms with Gasteiger partial charge in [0, 0.05) is 0 Å². The molecule has 1 saturated carbocycles. The van der Waals surface area contributed by atoms with Crippen LogP contribution in [0.3, 0.4) is 0 Å². The summed E-state index contributed by atoms with van der Waals surface area (Å²) in [4.78, 5) is 0. The van der Waals surface area contributed by atoms with Gasteiger partial charge in [0.05, 0.1) is 0 Å². The van der Waals surface area contributed by atoms with Gasteiger partial charge in [-0.3, -0.25) is 0 Å². The molecule has 0 bridgehead atoms. The fourth-order valence-corrected chi connectivity index (χ4v) is 2.71. The summed E-state index contributed by atoms with van der Waals surface area (Å²) < 4.78 is 0. The molecular weight excluding hydrogens is 180 g/mol. The van der Waals surface area contributed by atoms with Crippen LogP contribution in [-0.4, -0.2) is 0 Å². The lowest BCUT2D eigenvalue weighted by Gasteiger charge is -2.15. The highest BCUT2D eigenvalue weighted by Gasteiger charge is 2.16. The molecule has 1 fully saturated rings. The van der Waals surface area contributed by atoms with Crippen molar-refractivity contribution in [3.8, 4) is 0 Å². The van der Waals surface area contributed by atoms with Crippen molar-refractivity contribution in [2.24, 2.45) is 11.8 Å². The summed E-state index contributed by atoms with van der Waals surface area (Å²) in [6.45, 7) is 4.56. The van der Waals surface area contributed by atoms with Crippen LogP contribution in [0, 0.1) is 11.8 Å². The van der Waals surface area contributed by atoms with E-state index >= 15 is 0 Å². The Hall–Kier alpha value is -0.260. The van der Waals surface area contributed by atoms with Crippen LogP contribution >= 0.6 is 0 Å². The summed E-state index contributed by atoms with van der Waals surface area (Å²) in [5, 5.41) is 0. The monoisotopic (exact) mass is 208 g/mol. The molecule has 1 aliphatic carbocycles. The zero-order valence-corrected chi connectivity index (χ0v) is 10.7. The van der Waals surface area contributed by atoms with Crippen molar-refractivity contribution in [1.29, 1.82) is 0 Å². The van der Waals surface area contributed by atoms with E-state index in [1.54, 1.807) is 0 Å². The van der Waals surface area contributed by atoms with Gasteiger partial charge in [0.15, 0.2) is 0 Å². The average molecular weight is 208 g/mol. The smallest absolute Gasteiger partial charge is 0.0322 e. The van der Waals surface area contributed by atoms with Gasteiger partial charge in [0.1, 0.15) is 0 Å². The molecule has 0 N–H and O–H groups in total. The van der Waals surface area contributed by atoms with Crippen LogP contribution in [-0.2, 0) is 0 Å². The van der Waals surface area contributed by atoms with Gasteiger partial charge in [0.25, 0.3) is 0 Å². The maximum atomic E-state index is 2.39. The minimum atomic E-state index is 0.952. The Bertz CT molecular complexity index is 163. The second-order valence-corrected chi connectivity index (χ2v) is 5.12. The lowest BCUT2D eigenvalue weighted by Crippen LogP contribution is -2.01. The molecule has 0 aromatic carbocycles. The van der Waals surface area contributed by atoms with E-state index in [4.69, 9.17) is 0 Å². The lowest BCUT2D eigenvalue weighted by atomic mass is 9.91. The molecule has 1 unspecified atom stereocenters. The molecule has 0 heteroatoms. The Morgan fingerprint density at radius 1 is 1.13 bits per heavy atom. The van der Waals surface area contributed by atoms with Crippen molar-refractivity contribution < 1.29 is 0 Å². The molecule has 1 atom stereocenters. The number of hydrogen-bond donors (Lipinski definition) is 0. The Labute approximate surface area is 96.2 Å². The summed E-state index contributed by atoms with van der Waals surface area (Å²) in [6, 6.07) is 0. The predicted molar refractivity (Wildman–Crippen MR) is 69.0 cm³/mol. The van der Waals surface area contributed by atoms with Crippen LogP contribution in [0.5, 0.6) is 0 Å². The first-order chi connectivity index (χ1) is 7.36. The van der Waals surface area contributed by atoms with Crippen LogP contribution in [0.25, 0.3) is 0 Å². The highest BCUT2D eigenvalue weighted by atomic mass is 14.2. The molecule has 0 amide bonds. The summed E-state index contributed by atoms with van der Waals surface area (Å²) in [5.41, 5.74) is 0. The van der Waals surface area contributed by atoms with Crippen LogP contribution in [0.2, 0.25) is 0 Å². The second kappa shape index (κ2) is 7.96. The predicted octanol–water partition coefficient (Wildman–Crippen LogP) is 5.34. The van der Waals surface area contributed by atoms with E-state index < -0.39 is 0 Å². The van der Waals surface area contributed by atoms with Crippen LogP contribution < -0.4 is 0 Å². The Balaban J connectivity index is 2.12. The standard InChI is InChI=1S/C15H28/c1-3-5-6-9-14(4-2)12-13-15-10-7-8-11-15/h5-6,14-15H,3-4,7-13H2,1-2H3/b6-5-. The summed E-state index contributed by atoms with van der Waals surface area (Å²) in [5.74, 6) is 2.03. The second-order valence-electron chi connectivity index (χ2n) is 5.12. The minimum Gasteiger partial charge on any atom is -0.0888 e. The quantitative estimate of drug-likeness (QED) is 0.495. The molecule has 0 spiro atoms. The van der Waals surface area contributed by atoms with Crippen molar-refractivity contribution in [3.63, 3.8) is 0 Å². The maximum absolute atomic E-state index is 2.39. The molecule has 0 heterocycles. The summed E-state index contributed by atoms with van der Waals surface area (Å²) in [7, 11) is 0. The highest BCUT2D eigenvalue weighted by Crippen LogP contribution is 2.31. The maximum Gasteiger partial charge on any atom is -0.0322 e. The van der Waals surface area contributed by atoms with E-state index in [1.807, 2.05) is 0 Å². The fourth-order valence-electron chi connectivity index (χ4n) is 2.71. The molecule has 15 heavy (non-hydrogen) atoms. The van der Waals surface area contributed by atoms with Gasteiger partial charge in [-0.2, -0.15) is 0 Å². The molecule has 0 radical (unpaired) electrons. The number of allylic oxidation sites excluding steroid dienone is 2. The van der Waals surface area contributed by atoms with E-state index in [-0.39, 0.29) is 0 Å². The zero-order valence-electron chi connectivity index (χ0n) is 10.7. The molecule has 0 aromatic heterocycles. The molecule has 0 saturated heterocycles. The van der Waals surface area contributed by atoms with E-state index in [2.05, 4.69) is 26.0 Å². The molecule has 1 rings (SSSR count). The third kappa shape index (κ3) is 5.39. The molecule has 0 aromatic rings. The Morgan fingerprint density at radius 2 is 1.87 bits per heavy atom. The van der Waals surface area contributed by atoms with Crippen molar-refractivity contribution in [3.05, 3.63) is 12.2 Å². The highest BCUT2D eigenvalue weighted by molar-refractivity contribution is 4.83. The van der Waals surface area contributed by atoms with Crippen LogP contribution in [0.1, 0.15) is 71.6 Å². The summed E-state index contributed by atoms with van der Waals surface area (Å²) >= 11 is 0. The number of rotatable bonds is 7. The zero-order chi connectivity index (χ0) is 10.9. The van der Waals surface area contributed by atoms with Crippen molar-refractivity contribution in [1.82, 2.24) is 0 Å². The first-order valence-corrected chi connectivity index (χ1v) is 7.01. The molecule has 1 aliphatic rings. The Kier molecular flexibility index (Phi) is 6.80. The third-order valence-electron chi connectivity index (χ3n) is 3.91.